The number of para-hydroxylation sites is 1. The van der Waals surface area contributed by atoms with Crippen molar-refractivity contribution in [3.8, 4) is 0 Å². The number of hydrogen-bond acceptors (Lipinski definition) is 2. The van der Waals surface area contributed by atoms with Gasteiger partial charge in [0.1, 0.15) is 5.82 Å². The van der Waals surface area contributed by atoms with Crippen molar-refractivity contribution in [3.05, 3.63) is 71.7 Å². The van der Waals surface area contributed by atoms with Gasteiger partial charge in [-0.05, 0) is 36.1 Å². The molecule has 0 aliphatic heterocycles. The summed E-state index contributed by atoms with van der Waals surface area (Å²) in [6.07, 6.45) is 3.36. The topological polar surface area (TPSA) is 65.2 Å². The molecule has 0 unspecified atom stereocenters. The SMILES string of the molecule is CC(=O)N(CCC(=O)NCCc1ccccc1F)CCc1c[nH]c2ccccc12. The average Bonchev–Trinajstić information content (AvgIpc) is 3.12. The van der Waals surface area contributed by atoms with Gasteiger partial charge >= 0.3 is 0 Å². The van der Waals surface area contributed by atoms with Crippen molar-refractivity contribution in [2.45, 2.75) is 26.2 Å². The van der Waals surface area contributed by atoms with Crippen LogP contribution in [0.15, 0.2) is 54.7 Å². The normalized spacial score (nSPS) is 10.8. The van der Waals surface area contributed by atoms with E-state index >= 15 is 0 Å². The lowest BCUT2D eigenvalue weighted by Gasteiger charge is -2.20. The molecule has 29 heavy (non-hydrogen) atoms. The third-order valence-electron chi connectivity index (χ3n) is 5.05. The van der Waals surface area contributed by atoms with E-state index in [1.807, 2.05) is 24.4 Å². The number of carbonyl (C=O) groups is 2. The van der Waals surface area contributed by atoms with Crippen molar-refractivity contribution in [1.82, 2.24) is 15.2 Å². The predicted molar refractivity (Wildman–Crippen MR) is 112 cm³/mol. The molecule has 6 heteroatoms. The highest BCUT2D eigenvalue weighted by atomic mass is 19.1. The minimum atomic E-state index is -0.262. The number of hydrogen-bond donors (Lipinski definition) is 2. The number of amides is 2. The summed E-state index contributed by atoms with van der Waals surface area (Å²) >= 11 is 0. The van der Waals surface area contributed by atoms with Gasteiger partial charge in [-0.15, -0.1) is 0 Å². The Morgan fingerprint density at radius 1 is 1.00 bits per heavy atom. The molecule has 2 amide bonds. The molecule has 3 rings (SSSR count). The molecule has 0 aliphatic rings. The van der Waals surface area contributed by atoms with Crippen LogP contribution in [0.5, 0.6) is 0 Å². The van der Waals surface area contributed by atoms with Gasteiger partial charge in [-0.2, -0.15) is 0 Å². The minimum Gasteiger partial charge on any atom is -0.361 e. The Labute approximate surface area is 169 Å². The summed E-state index contributed by atoms with van der Waals surface area (Å²) in [6, 6.07) is 14.6. The molecule has 5 nitrogen and oxygen atoms in total. The monoisotopic (exact) mass is 395 g/mol. The summed E-state index contributed by atoms with van der Waals surface area (Å²) in [6.45, 7) is 2.81. The smallest absolute Gasteiger partial charge is 0.221 e. The van der Waals surface area contributed by atoms with Gasteiger partial charge in [0.25, 0.3) is 0 Å². The van der Waals surface area contributed by atoms with E-state index in [-0.39, 0.29) is 24.1 Å². The zero-order valence-corrected chi connectivity index (χ0v) is 16.6. The quantitative estimate of drug-likeness (QED) is 0.583. The van der Waals surface area contributed by atoms with Crippen LogP contribution in [0.3, 0.4) is 0 Å². The van der Waals surface area contributed by atoms with Gasteiger partial charge in [0.2, 0.25) is 11.8 Å². The average molecular weight is 395 g/mol. The molecule has 152 valence electrons. The summed E-state index contributed by atoms with van der Waals surface area (Å²) in [7, 11) is 0. The Bertz CT molecular complexity index is 983. The molecule has 0 saturated carbocycles. The number of halogens is 1. The predicted octanol–water partition coefficient (Wildman–Crippen LogP) is 3.45. The fourth-order valence-electron chi connectivity index (χ4n) is 3.38. The molecule has 0 fully saturated rings. The van der Waals surface area contributed by atoms with Crippen molar-refractivity contribution in [1.29, 1.82) is 0 Å². The molecular weight excluding hydrogens is 369 g/mol. The lowest BCUT2D eigenvalue weighted by molar-refractivity contribution is -0.129. The third-order valence-corrected chi connectivity index (χ3v) is 5.05. The molecule has 2 N–H and O–H groups in total. The first-order valence-electron chi connectivity index (χ1n) is 9.85. The first-order valence-corrected chi connectivity index (χ1v) is 9.85. The van der Waals surface area contributed by atoms with Crippen molar-refractivity contribution >= 4 is 22.7 Å². The van der Waals surface area contributed by atoms with Crippen LogP contribution in [-0.4, -0.2) is 41.3 Å². The van der Waals surface area contributed by atoms with Gasteiger partial charge < -0.3 is 15.2 Å². The second-order valence-corrected chi connectivity index (χ2v) is 7.06. The van der Waals surface area contributed by atoms with Crippen LogP contribution in [0, 0.1) is 5.82 Å². The zero-order chi connectivity index (χ0) is 20.6. The van der Waals surface area contributed by atoms with Gasteiger partial charge in [0.15, 0.2) is 0 Å². The van der Waals surface area contributed by atoms with Crippen molar-refractivity contribution < 1.29 is 14.0 Å². The molecule has 0 spiro atoms. The maximum Gasteiger partial charge on any atom is 0.221 e. The summed E-state index contributed by atoms with van der Waals surface area (Å²) < 4.78 is 13.6. The number of aromatic amines is 1. The highest BCUT2D eigenvalue weighted by Crippen LogP contribution is 2.18. The molecule has 0 radical (unpaired) electrons. The molecule has 1 aromatic heterocycles. The fourth-order valence-corrected chi connectivity index (χ4v) is 3.38. The largest absolute Gasteiger partial charge is 0.361 e. The van der Waals surface area contributed by atoms with Crippen LogP contribution < -0.4 is 5.32 Å². The number of H-pyrrole nitrogens is 1. The van der Waals surface area contributed by atoms with Crippen LogP contribution in [0.4, 0.5) is 4.39 Å². The van der Waals surface area contributed by atoms with Crippen LogP contribution >= 0.6 is 0 Å². The number of nitrogens with zero attached hydrogens (tertiary/aromatic N) is 1. The van der Waals surface area contributed by atoms with E-state index < -0.39 is 0 Å². The standard InChI is InChI=1S/C23H26FN3O2/c1-17(28)27(14-11-19-16-26-22-9-5-3-7-20(19)22)15-12-23(29)25-13-10-18-6-2-4-8-21(18)24/h2-9,16,26H,10-15H2,1H3,(H,25,29). The molecule has 2 aromatic carbocycles. The Balaban J connectivity index is 1.44. The van der Waals surface area contributed by atoms with E-state index in [4.69, 9.17) is 0 Å². The number of benzene rings is 2. The Morgan fingerprint density at radius 2 is 1.76 bits per heavy atom. The van der Waals surface area contributed by atoms with Crippen LogP contribution in [0.1, 0.15) is 24.5 Å². The van der Waals surface area contributed by atoms with Crippen molar-refractivity contribution in [3.63, 3.8) is 0 Å². The minimum absolute atomic E-state index is 0.0519. The first kappa shape index (κ1) is 20.6. The highest BCUT2D eigenvalue weighted by Gasteiger charge is 2.13. The number of aromatic nitrogens is 1. The molecule has 0 saturated heterocycles. The van der Waals surface area contributed by atoms with E-state index in [0.29, 0.717) is 31.6 Å². The van der Waals surface area contributed by atoms with Crippen molar-refractivity contribution in [2.24, 2.45) is 0 Å². The number of fused-ring (bicyclic) bond motifs is 1. The molecule has 3 aromatic rings. The number of carbonyl (C=O) groups excluding carboxylic acids is 2. The van der Waals surface area contributed by atoms with Crippen LogP contribution in [-0.2, 0) is 22.4 Å². The molecule has 0 bridgehead atoms. The van der Waals surface area contributed by atoms with E-state index in [0.717, 1.165) is 22.9 Å². The van der Waals surface area contributed by atoms with Gasteiger partial charge in [0, 0.05) is 50.1 Å². The summed E-state index contributed by atoms with van der Waals surface area (Å²) in [4.78, 5) is 29.0. The van der Waals surface area contributed by atoms with E-state index in [2.05, 4.69) is 16.4 Å². The number of rotatable bonds is 9. The molecular formula is C23H26FN3O2. The first-order chi connectivity index (χ1) is 14.0. The third kappa shape index (κ3) is 5.67. The lowest BCUT2D eigenvalue weighted by Crippen LogP contribution is -2.35. The summed E-state index contributed by atoms with van der Waals surface area (Å²) in [5.74, 6) is -0.453. The van der Waals surface area contributed by atoms with Crippen molar-refractivity contribution in [2.75, 3.05) is 19.6 Å². The molecule has 0 atom stereocenters. The molecule has 1 heterocycles. The summed E-state index contributed by atoms with van der Waals surface area (Å²) in [5.41, 5.74) is 2.81. The summed E-state index contributed by atoms with van der Waals surface area (Å²) in [5, 5.41) is 3.95. The maximum atomic E-state index is 13.6. The van der Waals surface area contributed by atoms with Gasteiger partial charge in [-0.3, -0.25) is 9.59 Å². The second-order valence-electron chi connectivity index (χ2n) is 7.06. The Kier molecular flexibility index (Phi) is 7.00. The lowest BCUT2D eigenvalue weighted by atomic mass is 10.1. The van der Waals surface area contributed by atoms with Gasteiger partial charge in [-0.25, -0.2) is 4.39 Å². The van der Waals surface area contributed by atoms with Crippen LogP contribution in [0.25, 0.3) is 10.9 Å². The Hall–Kier alpha value is -3.15. The maximum absolute atomic E-state index is 13.6. The van der Waals surface area contributed by atoms with E-state index in [1.54, 1.807) is 23.1 Å². The molecule has 0 aliphatic carbocycles. The highest BCUT2D eigenvalue weighted by molar-refractivity contribution is 5.83. The van der Waals surface area contributed by atoms with Gasteiger partial charge in [-0.1, -0.05) is 36.4 Å². The van der Waals surface area contributed by atoms with Crippen LogP contribution in [0.2, 0.25) is 0 Å². The van der Waals surface area contributed by atoms with E-state index in [9.17, 15) is 14.0 Å². The van der Waals surface area contributed by atoms with Gasteiger partial charge in [0.05, 0.1) is 0 Å². The Morgan fingerprint density at radius 3 is 2.55 bits per heavy atom. The van der Waals surface area contributed by atoms with E-state index in [1.165, 1.54) is 13.0 Å². The second kappa shape index (κ2) is 9.87. The number of nitrogens with one attached hydrogen (secondary N) is 2. The fraction of sp³-hybridized carbons (Fsp3) is 0.304. The zero-order valence-electron chi connectivity index (χ0n) is 16.6.